The number of ether oxygens (including phenoxy) is 1. The monoisotopic (exact) mass is 369 g/mol. The first-order chi connectivity index (χ1) is 13.3. The van der Waals surface area contributed by atoms with E-state index in [9.17, 15) is 4.79 Å². The predicted octanol–water partition coefficient (Wildman–Crippen LogP) is 1.94. The average molecular weight is 369 g/mol. The Kier molecular flexibility index (Phi) is 5.50. The van der Waals surface area contributed by atoms with Gasteiger partial charge in [0.05, 0.1) is 12.6 Å². The maximum Gasteiger partial charge on any atom is 0.254 e. The number of carbonyl (C=O) groups excluding carboxylic acids is 1. The van der Waals surface area contributed by atoms with Crippen LogP contribution in [-0.2, 0) is 24.3 Å². The highest BCUT2D eigenvalue weighted by atomic mass is 16.5. The van der Waals surface area contributed by atoms with Crippen molar-refractivity contribution in [3.05, 3.63) is 47.0 Å². The summed E-state index contributed by atoms with van der Waals surface area (Å²) in [5.74, 6) is 2.03. The van der Waals surface area contributed by atoms with Crippen LogP contribution in [0, 0.1) is 0 Å². The number of hydrogen-bond donors (Lipinski definition) is 1. The second-order valence-corrected chi connectivity index (χ2v) is 7.12. The highest BCUT2D eigenvalue weighted by molar-refractivity contribution is 5.94. The number of fused-ring (bicyclic) bond motifs is 1. The number of aromatic nitrogens is 3. The lowest BCUT2D eigenvalue weighted by atomic mass is 10.1. The third kappa shape index (κ3) is 3.75. The molecule has 1 amide bonds. The van der Waals surface area contributed by atoms with E-state index in [-0.39, 0.29) is 11.9 Å². The molecule has 1 N–H and O–H groups in total. The van der Waals surface area contributed by atoms with Gasteiger partial charge in [0.15, 0.2) is 5.82 Å². The van der Waals surface area contributed by atoms with E-state index in [0.717, 1.165) is 68.2 Å². The van der Waals surface area contributed by atoms with Crippen LogP contribution in [0.15, 0.2) is 24.3 Å². The van der Waals surface area contributed by atoms with Crippen molar-refractivity contribution in [2.75, 3.05) is 26.2 Å². The molecule has 0 radical (unpaired) electrons. The van der Waals surface area contributed by atoms with Gasteiger partial charge in [0.2, 0.25) is 0 Å². The third-order valence-electron chi connectivity index (χ3n) is 5.38. The summed E-state index contributed by atoms with van der Waals surface area (Å²) in [5, 5.41) is 12.3. The highest BCUT2D eigenvalue weighted by Crippen LogP contribution is 2.32. The summed E-state index contributed by atoms with van der Waals surface area (Å²) in [7, 11) is 0. The van der Waals surface area contributed by atoms with E-state index in [1.807, 2.05) is 36.1 Å². The topological polar surface area (TPSA) is 72.3 Å². The van der Waals surface area contributed by atoms with Crippen LogP contribution in [0.3, 0.4) is 0 Å². The first kappa shape index (κ1) is 18.1. The van der Waals surface area contributed by atoms with Crippen LogP contribution in [0.5, 0.6) is 0 Å². The molecule has 7 nitrogen and oxygen atoms in total. The van der Waals surface area contributed by atoms with Crippen molar-refractivity contribution in [3.8, 4) is 0 Å². The minimum absolute atomic E-state index is 0.0138. The molecule has 1 fully saturated rings. The first-order valence-electron chi connectivity index (χ1n) is 9.88. The molecule has 2 aromatic rings. The molecule has 0 bridgehead atoms. The van der Waals surface area contributed by atoms with Crippen LogP contribution < -0.4 is 5.32 Å². The lowest BCUT2D eigenvalue weighted by Crippen LogP contribution is -2.32. The SMILES string of the molecule is CCOCc1ccc(C(=O)N2CCC[C@@H]2c2nnc3n2CCNCC3)cc1. The van der Waals surface area contributed by atoms with Gasteiger partial charge >= 0.3 is 0 Å². The van der Waals surface area contributed by atoms with Gasteiger partial charge in [0.25, 0.3) is 5.91 Å². The maximum absolute atomic E-state index is 13.1. The fraction of sp³-hybridized carbons (Fsp3) is 0.550. The average Bonchev–Trinajstić information content (AvgIpc) is 3.27. The molecule has 2 aliphatic rings. The summed E-state index contributed by atoms with van der Waals surface area (Å²) in [6.07, 6.45) is 2.83. The predicted molar refractivity (Wildman–Crippen MR) is 101 cm³/mol. The molecule has 0 unspecified atom stereocenters. The second-order valence-electron chi connectivity index (χ2n) is 7.12. The van der Waals surface area contributed by atoms with Crippen LogP contribution in [0.4, 0.5) is 0 Å². The van der Waals surface area contributed by atoms with Crippen molar-refractivity contribution in [3.63, 3.8) is 0 Å². The lowest BCUT2D eigenvalue weighted by Gasteiger charge is -2.25. The van der Waals surface area contributed by atoms with Crippen molar-refractivity contribution in [1.82, 2.24) is 25.0 Å². The Morgan fingerprint density at radius 3 is 2.89 bits per heavy atom. The van der Waals surface area contributed by atoms with Crippen LogP contribution in [0.2, 0.25) is 0 Å². The van der Waals surface area contributed by atoms with Crippen molar-refractivity contribution in [2.24, 2.45) is 0 Å². The Hall–Kier alpha value is -2.25. The van der Waals surface area contributed by atoms with Crippen LogP contribution >= 0.6 is 0 Å². The van der Waals surface area contributed by atoms with Gasteiger partial charge in [0, 0.05) is 44.8 Å². The van der Waals surface area contributed by atoms with Gasteiger partial charge in [0.1, 0.15) is 5.82 Å². The largest absolute Gasteiger partial charge is 0.377 e. The van der Waals surface area contributed by atoms with Crippen LogP contribution in [-0.4, -0.2) is 51.8 Å². The fourth-order valence-corrected chi connectivity index (χ4v) is 3.95. The van der Waals surface area contributed by atoms with Crippen molar-refractivity contribution in [1.29, 1.82) is 0 Å². The van der Waals surface area contributed by atoms with Gasteiger partial charge < -0.3 is 19.5 Å². The summed E-state index contributed by atoms with van der Waals surface area (Å²) >= 11 is 0. The minimum atomic E-state index is 0.0138. The maximum atomic E-state index is 13.1. The summed E-state index contributed by atoms with van der Waals surface area (Å²) in [4.78, 5) is 15.1. The number of carbonyl (C=O) groups is 1. The number of likely N-dealkylation sites (tertiary alicyclic amines) is 1. The lowest BCUT2D eigenvalue weighted by molar-refractivity contribution is 0.0727. The number of nitrogens with one attached hydrogen (secondary N) is 1. The van der Waals surface area contributed by atoms with Gasteiger partial charge in [-0.1, -0.05) is 12.1 Å². The Bertz CT molecular complexity index is 786. The van der Waals surface area contributed by atoms with Crippen LogP contribution in [0.1, 0.15) is 53.4 Å². The number of amides is 1. The van der Waals surface area contributed by atoms with Gasteiger partial charge in [-0.2, -0.15) is 0 Å². The van der Waals surface area contributed by atoms with Crippen LogP contribution in [0.25, 0.3) is 0 Å². The molecule has 0 spiro atoms. The second kappa shape index (κ2) is 8.19. The van der Waals surface area contributed by atoms with E-state index in [2.05, 4.69) is 20.1 Å². The van der Waals surface area contributed by atoms with Gasteiger partial charge in [-0.3, -0.25) is 4.79 Å². The van der Waals surface area contributed by atoms with Crippen molar-refractivity contribution < 1.29 is 9.53 Å². The zero-order valence-corrected chi connectivity index (χ0v) is 15.9. The standard InChI is InChI=1S/C20H27N5O2/c1-2-27-14-15-5-7-16(8-6-15)20(26)24-12-3-4-17(24)19-23-22-18-9-10-21-11-13-25(18)19/h5-8,17,21H,2-4,9-14H2,1H3/t17-/m1/s1. The normalized spacial score (nSPS) is 19.7. The molecule has 4 rings (SSSR count). The third-order valence-corrected chi connectivity index (χ3v) is 5.38. The molecule has 7 heteroatoms. The summed E-state index contributed by atoms with van der Waals surface area (Å²) in [6, 6.07) is 7.77. The number of hydrogen-bond acceptors (Lipinski definition) is 5. The van der Waals surface area contributed by atoms with E-state index in [4.69, 9.17) is 4.74 Å². The Balaban J connectivity index is 1.53. The molecule has 1 atom stereocenters. The summed E-state index contributed by atoms with van der Waals surface area (Å²) in [6.45, 7) is 6.73. The molecule has 27 heavy (non-hydrogen) atoms. The van der Waals surface area contributed by atoms with Crippen molar-refractivity contribution >= 4 is 5.91 Å². The first-order valence-corrected chi connectivity index (χ1v) is 9.88. The molecule has 0 aliphatic carbocycles. The van der Waals surface area contributed by atoms with Crippen molar-refractivity contribution in [2.45, 2.75) is 45.4 Å². The molecular formula is C20H27N5O2. The Morgan fingerprint density at radius 1 is 1.22 bits per heavy atom. The molecule has 2 aliphatic heterocycles. The van der Waals surface area contributed by atoms with Gasteiger partial charge in [-0.15, -0.1) is 10.2 Å². The quantitative estimate of drug-likeness (QED) is 0.872. The zero-order valence-electron chi connectivity index (χ0n) is 15.9. The Morgan fingerprint density at radius 2 is 2.07 bits per heavy atom. The fourth-order valence-electron chi connectivity index (χ4n) is 3.95. The van der Waals surface area contributed by atoms with E-state index in [1.165, 1.54) is 0 Å². The molecule has 1 aromatic carbocycles. The van der Waals surface area contributed by atoms with E-state index in [1.54, 1.807) is 0 Å². The summed E-state index contributed by atoms with van der Waals surface area (Å²) < 4.78 is 7.64. The molecule has 3 heterocycles. The minimum Gasteiger partial charge on any atom is -0.377 e. The smallest absolute Gasteiger partial charge is 0.254 e. The molecule has 1 saturated heterocycles. The molecule has 0 saturated carbocycles. The van der Waals surface area contributed by atoms with E-state index in [0.29, 0.717) is 13.2 Å². The molecule has 1 aromatic heterocycles. The molecule has 144 valence electrons. The summed E-state index contributed by atoms with van der Waals surface area (Å²) in [5.41, 5.74) is 1.81. The highest BCUT2D eigenvalue weighted by Gasteiger charge is 2.34. The number of benzene rings is 1. The zero-order chi connectivity index (χ0) is 18.6. The number of rotatable bonds is 5. The van der Waals surface area contributed by atoms with Gasteiger partial charge in [-0.05, 0) is 37.5 Å². The Labute approximate surface area is 159 Å². The molecular weight excluding hydrogens is 342 g/mol. The van der Waals surface area contributed by atoms with E-state index < -0.39 is 0 Å². The van der Waals surface area contributed by atoms with Gasteiger partial charge in [-0.25, -0.2) is 0 Å². The van der Waals surface area contributed by atoms with E-state index >= 15 is 0 Å². The number of nitrogens with zero attached hydrogens (tertiary/aromatic N) is 4.